The third kappa shape index (κ3) is 7.95. The van der Waals surface area contributed by atoms with E-state index in [2.05, 4.69) is 13.8 Å². The molecule has 0 unspecified atom stereocenters. The van der Waals surface area contributed by atoms with E-state index in [1.807, 2.05) is 0 Å². The van der Waals surface area contributed by atoms with Gasteiger partial charge >= 0.3 is 6.18 Å². The summed E-state index contributed by atoms with van der Waals surface area (Å²) in [6.07, 6.45) is 0.973. The van der Waals surface area contributed by atoms with Crippen LogP contribution < -0.4 is 5.73 Å². The summed E-state index contributed by atoms with van der Waals surface area (Å²) in [4.78, 5) is 0. The Morgan fingerprint density at radius 3 is 2.06 bits per heavy atom. The zero-order valence-electron chi connectivity index (χ0n) is 11.3. The van der Waals surface area contributed by atoms with Gasteiger partial charge in [0.15, 0.2) is 0 Å². The van der Waals surface area contributed by atoms with Crippen LogP contribution in [0.5, 0.6) is 0 Å². The van der Waals surface area contributed by atoms with E-state index >= 15 is 0 Å². The van der Waals surface area contributed by atoms with Crippen molar-refractivity contribution in [1.82, 2.24) is 0 Å². The fraction of sp³-hybridized carbons (Fsp3) is 0.538. The van der Waals surface area contributed by atoms with Gasteiger partial charge in [0.2, 0.25) is 0 Å². The molecule has 5 heteroatoms. The summed E-state index contributed by atoms with van der Waals surface area (Å²) < 4.78 is 36.7. The molecule has 0 bridgehead atoms. The number of nitrogens with two attached hydrogens (primary N) is 1. The van der Waals surface area contributed by atoms with Crippen LogP contribution in [-0.4, -0.2) is 18.4 Å². The van der Waals surface area contributed by atoms with Gasteiger partial charge in [0.05, 0.1) is 5.57 Å². The highest BCUT2D eigenvalue weighted by molar-refractivity contribution is 5.39. The van der Waals surface area contributed by atoms with Gasteiger partial charge in [0, 0.05) is 12.8 Å². The molecule has 0 aromatic rings. The first-order valence-corrected chi connectivity index (χ1v) is 5.69. The molecule has 1 aliphatic rings. The van der Waals surface area contributed by atoms with E-state index in [1.165, 1.54) is 6.42 Å². The molecular formula is C13H22F3NO. The van der Waals surface area contributed by atoms with Crippen LogP contribution in [0, 0.1) is 0 Å². The van der Waals surface area contributed by atoms with Crippen LogP contribution >= 0.6 is 0 Å². The highest BCUT2D eigenvalue weighted by Gasteiger charge is 2.32. The van der Waals surface area contributed by atoms with Crippen molar-refractivity contribution in [3.8, 4) is 0 Å². The molecule has 0 fully saturated rings. The van der Waals surface area contributed by atoms with Crippen LogP contribution in [0.1, 0.15) is 33.6 Å². The Morgan fingerprint density at radius 2 is 1.67 bits per heavy atom. The maximum absolute atomic E-state index is 12.2. The number of allylic oxidation sites excluding steroid dienone is 5. The van der Waals surface area contributed by atoms with Gasteiger partial charge in [-0.15, -0.1) is 0 Å². The molecule has 0 aromatic heterocycles. The van der Waals surface area contributed by atoms with E-state index in [9.17, 15) is 13.2 Å². The molecule has 0 atom stereocenters. The zero-order chi connectivity index (χ0) is 14.8. The van der Waals surface area contributed by atoms with E-state index < -0.39 is 11.7 Å². The Morgan fingerprint density at radius 1 is 1.22 bits per heavy atom. The van der Waals surface area contributed by atoms with Gasteiger partial charge in [-0.3, -0.25) is 0 Å². The lowest BCUT2D eigenvalue weighted by Crippen LogP contribution is -2.10. The molecule has 0 saturated carbocycles. The molecule has 1 rings (SSSR count). The van der Waals surface area contributed by atoms with E-state index in [0.29, 0.717) is 11.3 Å². The van der Waals surface area contributed by atoms with Crippen molar-refractivity contribution in [2.75, 3.05) is 7.11 Å². The molecule has 0 spiro atoms. The minimum atomic E-state index is -4.28. The number of hydrogen-bond acceptors (Lipinski definition) is 2. The lowest BCUT2D eigenvalue weighted by molar-refractivity contribution is -0.0884. The third-order valence-electron chi connectivity index (χ3n) is 1.83. The molecule has 106 valence electrons. The molecule has 1 aliphatic carbocycles. The number of aliphatic hydroxyl groups excluding tert-OH is 1. The largest absolute Gasteiger partial charge is 0.416 e. The molecule has 0 aliphatic heterocycles. The van der Waals surface area contributed by atoms with Crippen molar-refractivity contribution in [2.45, 2.75) is 39.8 Å². The average Bonchev–Trinajstić information content (AvgIpc) is 2.45. The molecule has 0 radical (unpaired) electrons. The first-order chi connectivity index (χ1) is 8.32. The second-order valence-electron chi connectivity index (χ2n) is 3.59. The van der Waals surface area contributed by atoms with Gasteiger partial charge in [0.25, 0.3) is 0 Å². The number of halogens is 3. The Kier molecular flexibility index (Phi) is 10.4. The van der Waals surface area contributed by atoms with Crippen LogP contribution in [0.4, 0.5) is 13.2 Å². The Bertz CT molecular complexity index is 315. The van der Waals surface area contributed by atoms with Gasteiger partial charge in [-0.1, -0.05) is 32.4 Å². The number of aliphatic hydroxyl groups is 1. The third-order valence-corrected chi connectivity index (χ3v) is 1.83. The summed E-state index contributed by atoms with van der Waals surface area (Å²) in [6.45, 7) is 5.82. The van der Waals surface area contributed by atoms with Crippen molar-refractivity contribution >= 4 is 0 Å². The summed E-state index contributed by atoms with van der Waals surface area (Å²) >= 11 is 0. The van der Waals surface area contributed by atoms with Crippen molar-refractivity contribution in [3.05, 3.63) is 35.1 Å². The Balaban J connectivity index is 0. The lowest BCUT2D eigenvalue weighted by Gasteiger charge is -2.07. The van der Waals surface area contributed by atoms with Gasteiger partial charge in [-0.25, -0.2) is 0 Å². The molecule has 2 nitrogen and oxygen atoms in total. The topological polar surface area (TPSA) is 46.2 Å². The van der Waals surface area contributed by atoms with E-state index in [1.54, 1.807) is 13.0 Å². The second-order valence-corrected chi connectivity index (χ2v) is 3.59. The number of hydrogen-bond donors (Lipinski definition) is 2. The normalized spacial score (nSPS) is 14.8. The van der Waals surface area contributed by atoms with E-state index in [4.69, 9.17) is 10.8 Å². The van der Waals surface area contributed by atoms with Gasteiger partial charge < -0.3 is 10.8 Å². The van der Waals surface area contributed by atoms with Crippen molar-refractivity contribution in [2.24, 2.45) is 5.73 Å². The molecule has 0 amide bonds. The first-order valence-electron chi connectivity index (χ1n) is 5.69. The van der Waals surface area contributed by atoms with Gasteiger partial charge in [-0.2, -0.15) is 13.2 Å². The lowest BCUT2D eigenvalue weighted by atomic mass is 10.1. The SMILES string of the molecule is CC1=CC(C(F)(F)F)=CCC=C1N.CCC.CO. The number of alkyl halides is 3. The van der Waals surface area contributed by atoms with Crippen LogP contribution in [-0.2, 0) is 0 Å². The molecule has 0 heterocycles. The number of rotatable bonds is 0. The highest BCUT2D eigenvalue weighted by Crippen LogP contribution is 2.29. The maximum Gasteiger partial charge on any atom is 0.416 e. The maximum atomic E-state index is 12.2. The van der Waals surface area contributed by atoms with Crippen LogP contribution in [0.2, 0.25) is 0 Å². The predicted molar refractivity (Wildman–Crippen MR) is 68.9 cm³/mol. The van der Waals surface area contributed by atoms with Crippen molar-refractivity contribution in [1.29, 1.82) is 0 Å². The standard InChI is InChI=1S/C9H10F3N.C3H8.CH4O/c1-6-5-7(9(10,11)12)3-2-4-8(6)13;1-3-2;1-2/h3-5H,2,13H2,1H3;3H2,1-2H3;2H,1H3. The monoisotopic (exact) mass is 265 g/mol. The van der Waals surface area contributed by atoms with E-state index in [-0.39, 0.29) is 6.42 Å². The first kappa shape index (κ1) is 19.1. The Labute approximate surface area is 107 Å². The van der Waals surface area contributed by atoms with Crippen LogP contribution in [0.15, 0.2) is 35.1 Å². The minimum absolute atomic E-state index is 0.231. The van der Waals surface area contributed by atoms with Crippen molar-refractivity contribution < 1.29 is 18.3 Å². The van der Waals surface area contributed by atoms with Crippen molar-refractivity contribution in [3.63, 3.8) is 0 Å². The average molecular weight is 265 g/mol. The highest BCUT2D eigenvalue weighted by atomic mass is 19.4. The van der Waals surface area contributed by atoms with Gasteiger partial charge in [-0.05, 0) is 25.0 Å². The molecule has 0 aromatic carbocycles. The molecular weight excluding hydrogens is 243 g/mol. The van der Waals surface area contributed by atoms with Crippen LogP contribution in [0.3, 0.4) is 0 Å². The minimum Gasteiger partial charge on any atom is -0.400 e. The fourth-order valence-electron chi connectivity index (χ4n) is 1.05. The fourth-order valence-corrected chi connectivity index (χ4v) is 1.05. The summed E-state index contributed by atoms with van der Waals surface area (Å²) in [5.74, 6) is 0. The predicted octanol–water partition coefficient (Wildman–Crippen LogP) is 3.69. The summed E-state index contributed by atoms with van der Waals surface area (Å²) in [5, 5.41) is 7.00. The molecule has 18 heavy (non-hydrogen) atoms. The van der Waals surface area contributed by atoms with Gasteiger partial charge in [0.1, 0.15) is 0 Å². The summed E-state index contributed by atoms with van der Waals surface area (Å²) in [6, 6.07) is 0. The smallest absolute Gasteiger partial charge is 0.400 e. The van der Waals surface area contributed by atoms with E-state index in [0.717, 1.165) is 19.3 Å². The van der Waals surface area contributed by atoms with Crippen LogP contribution in [0.25, 0.3) is 0 Å². The zero-order valence-corrected chi connectivity index (χ0v) is 11.3. The Hall–Kier alpha value is -1.23. The second kappa shape index (κ2) is 9.76. The molecule has 3 N–H and O–H groups in total. The quantitative estimate of drug-likeness (QED) is 0.701. The summed E-state index contributed by atoms with van der Waals surface area (Å²) in [7, 11) is 1.00. The molecule has 0 saturated heterocycles. The summed E-state index contributed by atoms with van der Waals surface area (Å²) in [5.41, 5.74) is 5.72.